The van der Waals surface area contributed by atoms with Gasteiger partial charge >= 0.3 is 0 Å². The highest BCUT2D eigenvalue weighted by Gasteiger charge is 2.26. The maximum absolute atomic E-state index is 14.2. The summed E-state index contributed by atoms with van der Waals surface area (Å²) < 4.78 is 14.2. The Labute approximate surface area is 109 Å². The Bertz CT molecular complexity index is 399. The van der Waals surface area contributed by atoms with Crippen molar-refractivity contribution in [3.8, 4) is 0 Å². The van der Waals surface area contributed by atoms with Crippen molar-refractivity contribution in [3.05, 3.63) is 29.6 Å². The third-order valence-corrected chi connectivity index (χ3v) is 3.49. The predicted molar refractivity (Wildman–Crippen MR) is 74.2 cm³/mol. The maximum Gasteiger partial charge on any atom is 0.146 e. The molecule has 1 aromatic rings. The summed E-state index contributed by atoms with van der Waals surface area (Å²) >= 11 is 0. The van der Waals surface area contributed by atoms with Gasteiger partial charge in [-0.05, 0) is 43.7 Å². The maximum atomic E-state index is 14.2. The molecule has 1 aliphatic carbocycles. The van der Waals surface area contributed by atoms with Crippen LogP contribution in [0.3, 0.4) is 0 Å². The number of anilines is 1. The Kier molecular flexibility index (Phi) is 4.23. The van der Waals surface area contributed by atoms with E-state index in [1.165, 1.54) is 18.9 Å². The van der Waals surface area contributed by atoms with Gasteiger partial charge in [0.2, 0.25) is 0 Å². The number of benzene rings is 1. The van der Waals surface area contributed by atoms with Crippen molar-refractivity contribution in [3.63, 3.8) is 0 Å². The molecule has 0 saturated heterocycles. The molecule has 0 aromatic heterocycles. The van der Waals surface area contributed by atoms with Gasteiger partial charge in [-0.3, -0.25) is 0 Å². The van der Waals surface area contributed by atoms with E-state index in [2.05, 4.69) is 11.8 Å². The Morgan fingerprint density at radius 2 is 2.17 bits per heavy atom. The SMILES string of the molecule is CCCN(CC1CC1)c1c(F)cccc1[C@@H](C)N. The van der Waals surface area contributed by atoms with Gasteiger partial charge in [0.25, 0.3) is 0 Å². The lowest BCUT2D eigenvalue weighted by atomic mass is 10.0. The molecule has 2 nitrogen and oxygen atoms in total. The summed E-state index contributed by atoms with van der Waals surface area (Å²) in [6.45, 7) is 5.91. The average molecular weight is 250 g/mol. The summed E-state index contributed by atoms with van der Waals surface area (Å²) in [5.74, 6) is 0.607. The molecule has 100 valence electrons. The molecule has 0 bridgehead atoms. The highest BCUT2D eigenvalue weighted by Crippen LogP contribution is 2.34. The monoisotopic (exact) mass is 250 g/mol. The number of hydrogen-bond donors (Lipinski definition) is 1. The lowest BCUT2D eigenvalue weighted by Crippen LogP contribution is -2.29. The topological polar surface area (TPSA) is 29.3 Å². The van der Waals surface area contributed by atoms with Crippen molar-refractivity contribution in [1.82, 2.24) is 0 Å². The number of nitrogens with zero attached hydrogens (tertiary/aromatic N) is 1. The normalized spacial score (nSPS) is 16.7. The first-order chi connectivity index (χ1) is 8.63. The largest absolute Gasteiger partial charge is 0.369 e. The van der Waals surface area contributed by atoms with Crippen LogP contribution in [0.2, 0.25) is 0 Å². The van der Waals surface area contributed by atoms with E-state index in [-0.39, 0.29) is 11.9 Å². The minimum absolute atomic E-state index is 0.130. The number of para-hydroxylation sites is 1. The van der Waals surface area contributed by atoms with E-state index >= 15 is 0 Å². The van der Waals surface area contributed by atoms with Crippen molar-refractivity contribution in [2.24, 2.45) is 11.7 Å². The quantitative estimate of drug-likeness (QED) is 0.837. The van der Waals surface area contributed by atoms with Gasteiger partial charge in [-0.15, -0.1) is 0 Å². The highest BCUT2D eigenvalue weighted by atomic mass is 19.1. The second-order valence-electron chi connectivity index (χ2n) is 5.36. The van der Waals surface area contributed by atoms with Crippen LogP contribution in [-0.2, 0) is 0 Å². The van der Waals surface area contributed by atoms with Gasteiger partial charge in [-0.25, -0.2) is 4.39 Å². The lowest BCUT2D eigenvalue weighted by Gasteiger charge is -2.28. The molecule has 0 spiro atoms. The molecule has 1 aliphatic rings. The van der Waals surface area contributed by atoms with Gasteiger partial charge in [0.05, 0.1) is 5.69 Å². The summed E-state index contributed by atoms with van der Waals surface area (Å²) in [5, 5.41) is 0. The van der Waals surface area contributed by atoms with E-state index in [0.717, 1.165) is 36.7 Å². The van der Waals surface area contributed by atoms with Crippen LogP contribution in [0.25, 0.3) is 0 Å². The fourth-order valence-corrected chi connectivity index (χ4v) is 2.41. The third-order valence-electron chi connectivity index (χ3n) is 3.49. The van der Waals surface area contributed by atoms with Crippen LogP contribution in [0, 0.1) is 11.7 Å². The van der Waals surface area contributed by atoms with E-state index in [1.807, 2.05) is 13.0 Å². The average Bonchev–Trinajstić information content (AvgIpc) is 3.12. The van der Waals surface area contributed by atoms with Gasteiger partial charge in [0.15, 0.2) is 0 Å². The van der Waals surface area contributed by atoms with Gasteiger partial charge in [-0.2, -0.15) is 0 Å². The third kappa shape index (κ3) is 3.02. The van der Waals surface area contributed by atoms with Crippen LogP contribution in [-0.4, -0.2) is 13.1 Å². The van der Waals surface area contributed by atoms with Gasteiger partial charge in [0.1, 0.15) is 5.82 Å². The second kappa shape index (κ2) is 5.70. The van der Waals surface area contributed by atoms with Crippen molar-refractivity contribution in [2.45, 2.75) is 39.2 Å². The smallest absolute Gasteiger partial charge is 0.146 e. The van der Waals surface area contributed by atoms with E-state index in [1.54, 1.807) is 6.07 Å². The number of nitrogens with two attached hydrogens (primary N) is 1. The molecule has 18 heavy (non-hydrogen) atoms. The van der Waals surface area contributed by atoms with Crippen LogP contribution < -0.4 is 10.6 Å². The van der Waals surface area contributed by atoms with Crippen LogP contribution in [0.1, 0.15) is 44.7 Å². The zero-order chi connectivity index (χ0) is 13.1. The molecule has 0 unspecified atom stereocenters. The van der Waals surface area contributed by atoms with Crippen molar-refractivity contribution >= 4 is 5.69 Å². The zero-order valence-electron chi connectivity index (χ0n) is 11.3. The molecule has 1 fully saturated rings. The van der Waals surface area contributed by atoms with E-state index in [0.29, 0.717) is 0 Å². The number of halogens is 1. The van der Waals surface area contributed by atoms with E-state index in [4.69, 9.17) is 5.73 Å². The van der Waals surface area contributed by atoms with Crippen LogP contribution in [0.4, 0.5) is 10.1 Å². The van der Waals surface area contributed by atoms with Crippen LogP contribution in [0.15, 0.2) is 18.2 Å². The molecular weight excluding hydrogens is 227 g/mol. The Morgan fingerprint density at radius 1 is 1.44 bits per heavy atom. The van der Waals surface area contributed by atoms with Gasteiger partial charge in [0, 0.05) is 19.1 Å². The Morgan fingerprint density at radius 3 is 2.72 bits per heavy atom. The number of hydrogen-bond acceptors (Lipinski definition) is 2. The molecule has 1 saturated carbocycles. The minimum Gasteiger partial charge on any atom is -0.369 e. The fourth-order valence-electron chi connectivity index (χ4n) is 2.41. The Balaban J connectivity index is 2.31. The Hall–Kier alpha value is -1.09. The molecule has 1 aromatic carbocycles. The van der Waals surface area contributed by atoms with Crippen molar-refractivity contribution in [2.75, 3.05) is 18.0 Å². The first kappa shape index (κ1) is 13.3. The first-order valence-electron chi connectivity index (χ1n) is 6.92. The van der Waals surface area contributed by atoms with Crippen LogP contribution >= 0.6 is 0 Å². The zero-order valence-corrected chi connectivity index (χ0v) is 11.3. The summed E-state index contributed by atoms with van der Waals surface area (Å²) in [5.41, 5.74) is 7.61. The molecule has 2 rings (SSSR count). The molecule has 0 radical (unpaired) electrons. The summed E-state index contributed by atoms with van der Waals surface area (Å²) in [6, 6.07) is 5.10. The van der Waals surface area contributed by atoms with Gasteiger partial charge < -0.3 is 10.6 Å². The summed E-state index contributed by atoms with van der Waals surface area (Å²) in [4.78, 5) is 2.19. The van der Waals surface area contributed by atoms with E-state index in [9.17, 15) is 4.39 Å². The molecule has 0 aliphatic heterocycles. The molecule has 2 N–H and O–H groups in total. The summed E-state index contributed by atoms with van der Waals surface area (Å²) in [6.07, 6.45) is 3.59. The van der Waals surface area contributed by atoms with Crippen molar-refractivity contribution in [1.29, 1.82) is 0 Å². The van der Waals surface area contributed by atoms with E-state index < -0.39 is 0 Å². The first-order valence-corrected chi connectivity index (χ1v) is 6.92. The van der Waals surface area contributed by atoms with Gasteiger partial charge in [-0.1, -0.05) is 19.1 Å². The minimum atomic E-state index is -0.140. The molecule has 0 heterocycles. The predicted octanol–water partition coefficient (Wildman–Crippen LogP) is 3.47. The lowest BCUT2D eigenvalue weighted by molar-refractivity contribution is 0.601. The molecule has 0 amide bonds. The highest BCUT2D eigenvalue weighted by molar-refractivity contribution is 5.56. The van der Waals surface area contributed by atoms with Crippen LogP contribution in [0.5, 0.6) is 0 Å². The standard InChI is InChI=1S/C15H23FN2/c1-3-9-18(10-12-7-8-12)15-13(11(2)17)5-4-6-14(15)16/h4-6,11-12H,3,7-10,17H2,1-2H3/t11-/m1/s1. The molecular formula is C15H23FN2. The molecule has 3 heteroatoms. The fraction of sp³-hybridized carbons (Fsp3) is 0.600. The van der Waals surface area contributed by atoms with Crippen molar-refractivity contribution < 1.29 is 4.39 Å². The summed E-state index contributed by atoms with van der Waals surface area (Å²) in [7, 11) is 0. The number of rotatable bonds is 6. The second-order valence-corrected chi connectivity index (χ2v) is 5.36. The molecule has 1 atom stereocenters.